The Labute approximate surface area is 106 Å². The molecule has 0 aromatic heterocycles. The fourth-order valence-electron chi connectivity index (χ4n) is 2.20. The molecule has 2 atom stereocenters. The van der Waals surface area contributed by atoms with Crippen molar-refractivity contribution in [3.63, 3.8) is 0 Å². The van der Waals surface area contributed by atoms with Gasteiger partial charge in [-0.15, -0.1) is 0 Å². The van der Waals surface area contributed by atoms with Crippen LogP contribution in [-0.2, 0) is 0 Å². The van der Waals surface area contributed by atoms with Crippen molar-refractivity contribution in [2.75, 3.05) is 13.1 Å². The smallest absolute Gasteiger partial charge is 0.251 e. The molecule has 0 aliphatic carbocycles. The summed E-state index contributed by atoms with van der Waals surface area (Å²) in [5, 5.41) is 24.7. The fourth-order valence-corrected chi connectivity index (χ4v) is 2.20. The van der Waals surface area contributed by atoms with Crippen molar-refractivity contribution in [3.8, 4) is 11.5 Å². The summed E-state index contributed by atoms with van der Waals surface area (Å²) < 4.78 is 0. The van der Waals surface area contributed by atoms with Crippen molar-refractivity contribution < 1.29 is 15.0 Å². The lowest BCUT2D eigenvalue weighted by atomic mass is 9.97. The Morgan fingerprint density at radius 2 is 2.11 bits per heavy atom. The number of nitrogens with one attached hydrogen (secondary N) is 2. The maximum atomic E-state index is 12.0. The molecule has 1 heterocycles. The van der Waals surface area contributed by atoms with Gasteiger partial charge >= 0.3 is 0 Å². The molecule has 98 valence electrons. The molecule has 18 heavy (non-hydrogen) atoms. The highest BCUT2D eigenvalue weighted by Gasteiger charge is 2.20. The molecule has 1 aliphatic rings. The van der Waals surface area contributed by atoms with Gasteiger partial charge in [0.05, 0.1) is 0 Å². The molecule has 0 radical (unpaired) electrons. The molecule has 1 aromatic carbocycles. The van der Waals surface area contributed by atoms with Crippen LogP contribution in [0.15, 0.2) is 18.2 Å². The third-order valence-electron chi connectivity index (χ3n) is 3.14. The van der Waals surface area contributed by atoms with E-state index < -0.39 is 0 Å². The molecule has 1 amide bonds. The zero-order valence-electron chi connectivity index (χ0n) is 10.3. The summed E-state index contributed by atoms with van der Waals surface area (Å²) in [5.41, 5.74) is 0.350. The van der Waals surface area contributed by atoms with Crippen LogP contribution in [0.1, 0.15) is 23.7 Å². The predicted octanol–water partition coefficient (Wildman–Crippen LogP) is 0.826. The second-order valence-corrected chi connectivity index (χ2v) is 4.87. The number of hydrogen-bond donors (Lipinski definition) is 4. The van der Waals surface area contributed by atoms with Crippen LogP contribution in [-0.4, -0.2) is 35.3 Å². The molecule has 2 rings (SSSR count). The summed E-state index contributed by atoms with van der Waals surface area (Å²) in [7, 11) is 0. The number of piperidine rings is 1. The molecular formula is C13H18N2O3. The van der Waals surface area contributed by atoms with Crippen LogP contribution in [0.2, 0.25) is 0 Å². The van der Waals surface area contributed by atoms with E-state index in [0.717, 1.165) is 19.5 Å². The van der Waals surface area contributed by atoms with Gasteiger partial charge in [-0.05, 0) is 37.1 Å². The molecule has 1 saturated heterocycles. The molecule has 0 bridgehead atoms. The normalized spacial score (nSPS) is 23.6. The third kappa shape index (κ3) is 2.92. The second-order valence-electron chi connectivity index (χ2n) is 4.87. The van der Waals surface area contributed by atoms with Gasteiger partial charge in [0.1, 0.15) is 0 Å². The SMILES string of the molecule is CC1CNCC(NC(=O)c2ccc(O)c(O)c2)C1. The molecule has 2 unspecified atom stereocenters. The van der Waals surface area contributed by atoms with Crippen molar-refractivity contribution in [3.05, 3.63) is 23.8 Å². The molecule has 1 aromatic rings. The molecular weight excluding hydrogens is 232 g/mol. The van der Waals surface area contributed by atoms with E-state index in [4.69, 9.17) is 0 Å². The van der Waals surface area contributed by atoms with Gasteiger partial charge in [0, 0.05) is 18.2 Å². The summed E-state index contributed by atoms with van der Waals surface area (Å²) in [6.45, 7) is 3.88. The first-order chi connectivity index (χ1) is 8.56. The zero-order valence-corrected chi connectivity index (χ0v) is 10.3. The van der Waals surface area contributed by atoms with Gasteiger partial charge in [-0.2, -0.15) is 0 Å². The first-order valence-electron chi connectivity index (χ1n) is 6.10. The van der Waals surface area contributed by atoms with E-state index >= 15 is 0 Å². The van der Waals surface area contributed by atoms with Crippen molar-refractivity contribution in [1.82, 2.24) is 10.6 Å². The van der Waals surface area contributed by atoms with E-state index in [1.165, 1.54) is 18.2 Å². The molecule has 1 aliphatic heterocycles. The maximum Gasteiger partial charge on any atom is 0.251 e. The van der Waals surface area contributed by atoms with Crippen molar-refractivity contribution in [1.29, 1.82) is 0 Å². The van der Waals surface area contributed by atoms with Crippen LogP contribution in [0.25, 0.3) is 0 Å². The van der Waals surface area contributed by atoms with E-state index in [1.54, 1.807) is 0 Å². The average Bonchev–Trinajstić information content (AvgIpc) is 2.32. The summed E-state index contributed by atoms with van der Waals surface area (Å²) in [5.74, 6) is -0.194. The number of carbonyl (C=O) groups excluding carboxylic acids is 1. The fraction of sp³-hybridized carbons (Fsp3) is 0.462. The molecule has 5 nitrogen and oxygen atoms in total. The Bertz CT molecular complexity index is 448. The van der Waals surface area contributed by atoms with Crippen LogP contribution in [0, 0.1) is 5.92 Å². The lowest BCUT2D eigenvalue weighted by molar-refractivity contribution is 0.0925. The van der Waals surface area contributed by atoms with Gasteiger partial charge in [-0.25, -0.2) is 0 Å². The van der Waals surface area contributed by atoms with Crippen LogP contribution in [0.5, 0.6) is 11.5 Å². The monoisotopic (exact) mass is 250 g/mol. The Hall–Kier alpha value is -1.75. The summed E-state index contributed by atoms with van der Waals surface area (Å²) >= 11 is 0. The minimum Gasteiger partial charge on any atom is -0.504 e. The van der Waals surface area contributed by atoms with Crippen LogP contribution < -0.4 is 10.6 Å². The van der Waals surface area contributed by atoms with Crippen molar-refractivity contribution in [2.24, 2.45) is 5.92 Å². The molecule has 0 saturated carbocycles. The summed E-state index contributed by atoms with van der Waals surface area (Å²) in [4.78, 5) is 12.0. The van der Waals surface area contributed by atoms with Crippen LogP contribution in [0.3, 0.4) is 0 Å². The van der Waals surface area contributed by atoms with Crippen LogP contribution >= 0.6 is 0 Å². The lowest BCUT2D eigenvalue weighted by Gasteiger charge is -2.28. The number of phenolic OH excluding ortho intramolecular Hbond substituents is 2. The lowest BCUT2D eigenvalue weighted by Crippen LogP contribution is -2.48. The standard InChI is InChI=1S/C13H18N2O3/c1-8-4-10(7-14-6-8)15-13(18)9-2-3-11(16)12(17)5-9/h2-3,5,8,10,14,16-17H,4,6-7H2,1H3,(H,15,18). The number of benzene rings is 1. The van der Waals surface area contributed by atoms with E-state index in [-0.39, 0.29) is 23.4 Å². The van der Waals surface area contributed by atoms with E-state index in [1.807, 2.05) is 0 Å². The maximum absolute atomic E-state index is 12.0. The van der Waals surface area contributed by atoms with Crippen molar-refractivity contribution >= 4 is 5.91 Å². The van der Waals surface area contributed by atoms with E-state index in [9.17, 15) is 15.0 Å². The highest BCUT2D eigenvalue weighted by molar-refractivity contribution is 5.95. The first-order valence-corrected chi connectivity index (χ1v) is 6.10. The minimum absolute atomic E-state index is 0.109. The number of amides is 1. The van der Waals surface area contributed by atoms with Gasteiger partial charge < -0.3 is 20.8 Å². The second kappa shape index (κ2) is 5.27. The van der Waals surface area contributed by atoms with Crippen LogP contribution in [0.4, 0.5) is 0 Å². The Balaban J connectivity index is 2.00. The molecule has 1 fully saturated rings. The zero-order chi connectivity index (χ0) is 13.1. The minimum atomic E-state index is -0.280. The molecule has 5 heteroatoms. The van der Waals surface area contributed by atoms with Gasteiger partial charge in [0.15, 0.2) is 11.5 Å². The quantitative estimate of drug-likeness (QED) is 0.586. The number of phenols is 2. The number of carbonyl (C=O) groups is 1. The highest BCUT2D eigenvalue weighted by Crippen LogP contribution is 2.24. The molecule has 0 spiro atoms. The highest BCUT2D eigenvalue weighted by atomic mass is 16.3. The largest absolute Gasteiger partial charge is 0.504 e. The van der Waals surface area contributed by atoms with E-state index in [0.29, 0.717) is 11.5 Å². The number of rotatable bonds is 2. The number of hydrogen-bond acceptors (Lipinski definition) is 4. The Morgan fingerprint density at radius 1 is 1.33 bits per heavy atom. The molecule has 4 N–H and O–H groups in total. The predicted molar refractivity (Wildman–Crippen MR) is 67.7 cm³/mol. The number of aromatic hydroxyl groups is 2. The summed E-state index contributed by atoms with van der Waals surface area (Å²) in [6, 6.07) is 4.18. The Kier molecular flexibility index (Phi) is 3.72. The Morgan fingerprint density at radius 3 is 2.78 bits per heavy atom. The summed E-state index contributed by atoms with van der Waals surface area (Å²) in [6.07, 6.45) is 0.947. The third-order valence-corrected chi connectivity index (χ3v) is 3.14. The van der Waals surface area contributed by atoms with E-state index in [2.05, 4.69) is 17.6 Å². The van der Waals surface area contributed by atoms with Gasteiger partial charge in [-0.3, -0.25) is 4.79 Å². The topological polar surface area (TPSA) is 81.6 Å². The van der Waals surface area contributed by atoms with Gasteiger partial charge in [-0.1, -0.05) is 6.92 Å². The van der Waals surface area contributed by atoms with Gasteiger partial charge in [0.2, 0.25) is 0 Å². The van der Waals surface area contributed by atoms with Crippen molar-refractivity contribution in [2.45, 2.75) is 19.4 Å². The first kappa shape index (κ1) is 12.7. The average molecular weight is 250 g/mol. The van der Waals surface area contributed by atoms with Gasteiger partial charge in [0.25, 0.3) is 5.91 Å².